The molecule has 0 unspecified atom stereocenters. The van der Waals surface area contributed by atoms with Gasteiger partial charge in [0, 0.05) is 44.4 Å². The molecule has 0 radical (unpaired) electrons. The first-order valence-electron chi connectivity index (χ1n) is 8.37. The third-order valence-corrected chi connectivity index (χ3v) is 5.42. The summed E-state index contributed by atoms with van der Waals surface area (Å²) in [4.78, 5) is 18.6. The topological polar surface area (TPSA) is 58.4 Å². The molecule has 2 aromatic rings. The highest BCUT2D eigenvalue weighted by molar-refractivity contribution is 5.95. The number of piperidine rings is 1. The fourth-order valence-electron chi connectivity index (χ4n) is 4.38. The fraction of sp³-hybridized carbons (Fsp3) is 0.444. The Morgan fingerprint density at radius 3 is 2.36 bits per heavy atom. The number of aryl methyl sites for hydroxylation is 1. The molecule has 5 nitrogen and oxygen atoms in total. The number of hydrogen-bond donors (Lipinski definition) is 1. The zero-order valence-corrected chi connectivity index (χ0v) is 13.8. The quantitative estimate of drug-likeness (QED) is 0.907. The van der Waals surface area contributed by atoms with E-state index in [4.69, 9.17) is 0 Å². The van der Waals surface area contributed by atoms with Gasteiger partial charge in [0.25, 0.3) is 5.91 Å². The first kappa shape index (κ1) is 16.2. The van der Waals surface area contributed by atoms with E-state index in [9.17, 15) is 18.7 Å². The zero-order valence-electron chi connectivity index (χ0n) is 13.8. The van der Waals surface area contributed by atoms with Crippen molar-refractivity contribution in [3.05, 3.63) is 53.6 Å². The molecule has 1 aromatic heterocycles. The van der Waals surface area contributed by atoms with E-state index in [1.165, 1.54) is 6.07 Å². The van der Waals surface area contributed by atoms with Crippen molar-refractivity contribution in [1.29, 1.82) is 0 Å². The first-order chi connectivity index (χ1) is 11.9. The van der Waals surface area contributed by atoms with Crippen molar-refractivity contribution in [3.8, 4) is 0 Å². The predicted molar refractivity (Wildman–Crippen MR) is 85.7 cm³/mol. The van der Waals surface area contributed by atoms with Crippen LogP contribution in [0.5, 0.6) is 0 Å². The average Bonchev–Trinajstić information content (AvgIpc) is 3.10. The molecule has 1 aromatic carbocycles. The van der Waals surface area contributed by atoms with Gasteiger partial charge in [-0.1, -0.05) is 6.07 Å². The van der Waals surface area contributed by atoms with Crippen LogP contribution in [0.2, 0.25) is 0 Å². The molecule has 0 saturated carbocycles. The summed E-state index contributed by atoms with van der Waals surface area (Å²) in [5, 5.41) is 11.1. The number of amides is 1. The Morgan fingerprint density at radius 2 is 1.84 bits per heavy atom. The smallest absolute Gasteiger partial charge is 0.260 e. The molecule has 2 atom stereocenters. The third kappa shape index (κ3) is 2.45. The standard InChI is InChI=1S/C18H19F2N3O2/c1-22-8-7-21-17(22)18(25)9-11-5-6-12(10-18)23(11)16(24)15-13(19)3-2-4-14(15)20/h2-4,7-8,11-12,25H,5-6,9-10H2,1H3/t11-,12-/m1/s1. The summed E-state index contributed by atoms with van der Waals surface area (Å²) in [6.07, 6.45) is 5.44. The number of hydrogen-bond acceptors (Lipinski definition) is 3. The fourth-order valence-corrected chi connectivity index (χ4v) is 4.38. The maximum absolute atomic E-state index is 14.0. The number of carbonyl (C=O) groups is 1. The van der Waals surface area contributed by atoms with Crippen molar-refractivity contribution in [2.75, 3.05) is 0 Å². The minimum Gasteiger partial charge on any atom is -0.382 e. The van der Waals surface area contributed by atoms with Crippen molar-refractivity contribution in [2.45, 2.75) is 43.4 Å². The van der Waals surface area contributed by atoms with Crippen LogP contribution in [0.3, 0.4) is 0 Å². The van der Waals surface area contributed by atoms with E-state index in [-0.39, 0.29) is 12.1 Å². The number of benzene rings is 1. The highest BCUT2D eigenvalue weighted by atomic mass is 19.1. The number of halogens is 2. The van der Waals surface area contributed by atoms with E-state index in [1.54, 1.807) is 21.9 Å². The SMILES string of the molecule is Cn1ccnc1C1(O)C[C@H]2CC[C@H](C1)N2C(=O)c1c(F)cccc1F. The van der Waals surface area contributed by atoms with Crippen molar-refractivity contribution >= 4 is 5.91 Å². The molecule has 2 fully saturated rings. The van der Waals surface area contributed by atoms with Crippen molar-refractivity contribution in [3.63, 3.8) is 0 Å². The molecule has 2 saturated heterocycles. The van der Waals surface area contributed by atoms with Gasteiger partial charge in [-0.05, 0) is 25.0 Å². The third-order valence-electron chi connectivity index (χ3n) is 5.42. The molecule has 3 heterocycles. The van der Waals surface area contributed by atoms with Gasteiger partial charge in [0.15, 0.2) is 0 Å². The summed E-state index contributed by atoms with van der Waals surface area (Å²) in [5.41, 5.74) is -1.64. The number of carbonyl (C=O) groups excluding carboxylic acids is 1. The van der Waals surface area contributed by atoms with Crippen LogP contribution < -0.4 is 0 Å². The average molecular weight is 347 g/mol. The van der Waals surface area contributed by atoms with E-state index < -0.39 is 28.7 Å². The molecule has 1 N–H and O–H groups in total. The van der Waals surface area contributed by atoms with Gasteiger partial charge in [-0.2, -0.15) is 0 Å². The number of nitrogens with zero attached hydrogens (tertiary/aromatic N) is 3. The second kappa shape index (κ2) is 5.62. The van der Waals surface area contributed by atoms with E-state index in [0.717, 1.165) is 12.1 Å². The molecule has 0 spiro atoms. The van der Waals surface area contributed by atoms with Gasteiger partial charge in [0.05, 0.1) is 0 Å². The Labute approximate surface area is 143 Å². The normalized spacial score (nSPS) is 28.4. The maximum atomic E-state index is 14.0. The maximum Gasteiger partial charge on any atom is 0.260 e. The zero-order chi connectivity index (χ0) is 17.8. The monoisotopic (exact) mass is 347 g/mol. The van der Waals surface area contributed by atoms with E-state index in [2.05, 4.69) is 4.98 Å². The number of fused-ring (bicyclic) bond motifs is 2. The van der Waals surface area contributed by atoms with Crippen molar-refractivity contribution < 1.29 is 18.7 Å². The molecular formula is C18H19F2N3O2. The lowest BCUT2D eigenvalue weighted by Gasteiger charge is -2.43. The van der Waals surface area contributed by atoms with Gasteiger partial charge >= 0.3 is 0 Å². The number of imidazole rings is 1. The van der Waals surface area contributed by atoms with Crippen molar-refractivity contribution in [1.82, 2.24) is 14.5 Å². The molecule has 2 bridgehead atoms. The van der Waals surface area contributed by atoms with Gasteiger partial charge in [0.1, 0.15) is 28.6 Å². The molecule has 1 amide bonds. The summed E-state index contributed by atoms with van der Waals surface area (Å²) in [7, 11) is 1.81. The summed E-state index contributed by atoms with van der Waals surface area (Å²) >= 11 is 0. The molecule has 25 heavy (non-hydrogen) atoms. The number of rotatable bonds is 2. The molecule has 7 heteroatoms. The van der Waals surface area contributed by atoms with Crippen LogP contribution in [0.1, 0.15) is 41.9 Å². The van der Waals surface area contributed by atoms with Crippen LogP contribution in [-0.2, 0) is 12.6 Å². The van der Waals surface area contributed by atoms with Gasteiger partial charge < -0.3 is 14.6 Å². The van der Waals surface area contributed by atoms with Gasteiger partial charge in [0.2, 0.25) is 0 Å². The summed E-state index contributed by atoms with van der Waals surface area (Å²) in [6, 6.07) is 2.91. The Balaban J connectivity index is 1.65. The van der Waals surface area contributed by atoms with Crippen LogP contribution in [-0.4, -0.2) is 37.5 Å². The Morgan fingerprint density at radius 1 is 1.24 bits per heavy atom. The highest BCUT2D eigenvalue weighted by Crippen LogP contribution is 2.45. The van der Waals surface area contributed by atoms with E-state index in [0.29, 0.717) is 31.5 Å². The molecule has 4 rings (SSSR count). The largest absolute Gasteiger partial charge is 0.382 e. The van der Waals surface area contributed by atoms with Gasteiger partial charge in [-0.3, -0.25) is 4.79 Å². The minimum atomic E-state index is -1.13. The molecule has 2 aliphatic rings. The number of aromatic nitrogens is 2. The molecular weight excluding hydrogens is 328 g/mol. The van der Waals surface area contributed by atoms with E-state index >= 15 is 0 Å². The molecule has 2 aliphatic heterocycles. The summed E-state index contributed by atoms with van der Waals surface area (Å²) in [5.74, 6) is -1.78. The van der Waals surface area contributed by atoms with E-state index in [1.807, 2.05) is 7.05 Å². The van der Waals surface area contributed by atoms with Crippen LogP contribution in [0.4, 0.5) is 8.78 Å². The Kier molecular flexibility index (Phi) is 3.64. The predicted octanol–water partition coefficient (Wildman–Crippen LogP) is 2.35. The van der Waals surface area contributed by atoms with Crippen LogP contribution in [0.25, 0.3) is 0 Å². The lowest BCUT2D eigenvalue weighted by atomic mass is 9.84. The number of aliphatic hydroxyl groups is 1. The first-order valence-corrected chi connectivity index (χ1v) is 8.37. The van der Waals surface area contributed by atoms with Gasteiger partial charge in [-0.25, -0.2) is 13.8 Å². The van der Waals surface area contributed by atoms with Gasteiger partial charge in [-0.15, -0.1) is 0 Å². The Hall–Kier alpha value is -2.28. The second-order valence-electron chi connectivity index (χ2n) is 7.00. The summed E-state index contributed by atoms with van der Waals surface area (Å²) < 4.78 is 29.8. The van der Waals surface area contributed by atoms with Crippen LogP contribution in [0.15, 0.2) is 30.6 Å². The van der Waals surface area contributed by atoms with Crippen LogP contribution in [0, 0.1) is 11.6 Å². The minimum absolute atomic E-state index is 0.257. The highest BCUT2D eigenvalue weighted by Gasteiger charge is 2.52. The molecule has 0 aliphatic carbocycles. The van der Waals surface area contributed by atoms with Crippen LogP contribution >= 0.6 is 0 Å². The second-order valence-corrected chi connectivity index (χ2v) is 7.00. The molecule has 132 valence electrons. The van der Waals surface area contributed by atoms with Crippen molar-refractivity contribution in [2.24, 2.45) is 7.05 Å². The Bertz CT molecular complexity index is 801. The lowest BCUT2D eigenvalue weighted by Crippen LogP contribution is -2.53. The lowest BCUT2D eigenvalue weighted by molar-refractivity contribution is -0.0556. The summed E-state index contributed by atoms with van der Waals surface area (Å²) in [6.45, 7) is 0.